The van der Waals surface area contributed by atoms with E-state index >= 15 is 0 Å². The minimum Gasteiger partial charge on any atom is -0.439 e. The molecular formula is C9H5ClF3NOS. The van der Waals surface area contributed by atoms with Crippen LogP contribution in [0.4, 0.5) is 13.2 Å². The molecule has 0 aliphatic carbocycles. The third-order valence-corrected chi connectivity index (χ3v) is 2.78. The number of oxazole rings is 1. The Morgan fingerprint density at radius 2 is 2.12 bits per heavy atom. The first-order valence-corrected chi connectivity index (χ1v) is 5.55. The van der Waals surface area contributed by atoms with E-state index in [1.54, 1.807) is 6.07 Å². The first kappa shape index (κ1) is 11.6. The van der Waals surface area contributed by atoms with Crippen molar-refractivity contribution >= 4 is 34.5 Å². The summed E-state index contributed by atoms with van der Waals surface area (Å²) in [6.45, 7) is 0. The topological polar surface area (TPSA) is 26.0 Å². The molecule has 7 heteroatoms. The van der Waals surface area contributed by atoms with Gasteiger partial charge in [0.25, 0.3) is 0 Å². The Hall–Kier alpha value is -0.880. The van der Waals surface area contributed by atoms with Gasteiger partial charge in [0, 0.05) is 4.90 Å². The Morgan fingerprint density at radius 1 is 1.38 bits per heavy atom. The number of aromatic nitrogens is 1. The van der Waals surface area contributed by atoms with Crippen LogP contribution in [0.3, 0.4) is 0 Å². The van der Waals surface area contributed by atoms with E-state index in [4.69, 9.17) is 16.0 Å². The molecule has 0 aliphatic rings. The van der Waals surface area contributed by atoms with Crippen molar-refractivity contribution in [3.05, 3.63) is 24.1 Å². The van der Waals surface area contributed by atoms with E-state index in [2.05, 4.69) is 4.98 Å². The molecule has 16 heavy (non-hydrogen) atoms. The fraction of sp³-hybridized carbons (Fsp3) is 0.222. The van der Waals surface area contributed by atoms with Gasteiger partial charge in [-0.2, -0.15) is 13.2 Å². The highest BCUT2D eigenvalue weighted by Gasteiger charge is 2.30. The standard InChI is InChI=1S/C9H5ClF3NOS/c10-4-7-14-8-5(15-7)2-1-3-6(8)16-9(11,12)13/h1-3H,4H2. The quantitative estimate of drug-likeness (QED) is 0.603. The molecule has 0 unspecified atom stereocenters. The lowest BCUT2D eigenvalue weighted by molar-refractivity contribution is -0.0327. The maximum Gasteiger partial charge on any atom is 0.446 e. The third kappa shape index (κ3) is 2.44. The highest BCUT2D eigenvalue weighted by molar-refractivity contribution is 8.00. The number of alkyl halides is 4. The summed E-state index contributed by atoms with van der Waals surface area (Å²) in [4.78, 5) is 3.91. The monoisotopic (exact) mass is 267 g/mol. The van der Waals surface area contributed by atoms with Crippen molar-refractivity contribution in [3.63, 3.8) is 0 Å². The lowest BCUT2D eigenvalue weighted by atomic mass is 10.3. The van der Waals surface area contributed by atoms with Gasteiger partial charge >= 0.3 is 5.51 Å². The molecule has 0 saturated carbocycles. The summed E-state index contributed by atoms with van der Waals surface area (Å²) in [5, 5.41) is 0. The summed E-state index contributed by atoms with van der Waals surface area (Å²) in [7, 11) is 0. The smallest absolute Gasteiger partial charge is 0.439 e. The Kier molecular flexibility index (Phi) is 3.03. The first-order valence-electron chi connectivity index (χ1n) is 4.20. The maximum atomic E-state index is 12.2. The van der Waals surface area contributed by atoms with Gasteiger partial charge in [0.05, 0.1) is 5.88 Å². The minimum atomic E-state index is -4.34. The SMILES string of the molecule is FC(F)(F)Sc1cccc2oc(CCl)nc12. The van der Waals surface area contributed by atoms with Gasteiger partial charge < -0.3 is 4.42 Å². The van der Waals surface area contributed by atoms with Crippen LogP contribution in [0, 0.1) is 0 Å². The zero-order chi connectivity index (χ0) is 11.8. The molecule has 0 N–H and O–H groups in total. The second kappa shape index (κ2) is 4.18. The predicted molar refractivity (Wildman–Crippen MR) is 55.5 cm³/mol. The number of hydrogen-bond donors (Lipinski definition) is 0. The van der Waals surface area contributed by atoms with E-state index in [9.17, 15) is 13.2 Å². The van der Waals surface area contributed by atoms with Gasteiger partial charge in [-0.15, -0.1) is 11.6 Å². The van der Waals surface area contributed by atoms with Crippen LogP contribution in [-0.4, -0.2) is 10.5 Å². The lowest BCUT2D eigenvalue weighted by Crippen LogP contribution is -1.99. The van der Waals surface area contributed by atoms with Crippen molar-refractivity contribution in [2.24, 2.45) is 0 Å². The van der Waals surface area contributed by atoms with Crippen LogP contribution in [0.25, 0.3) is 11.1 Å². The molecule has 0 bridgehead atoms. The lowest BCUT2D eigenvalue weighted by Gasteiger charge is -2.04. The van der Waals surface area contributed by atoms with Gasteiger partial charge in [-0.25, -0.2) is 4.98 Å². The molecule has 0 amide bonds. The summed E-state index contributed by atoms with van der Waals surface area (Å²) >= 11 is 5.29. The first-order chi connectivity index (χ1) is 7.49. The Labute approximate surface area is 97.8 Å². The molecule has 0 radical (unpaired) electrons. The van der Waals surface area contributed by atoms with E-state index in [1.807, 2.05) is 0 Å². The van der Waals surface area contributed by atoms with Crippen molar-refractivity contribution in [1.29, 1.82) is 0 Å². The van der Waals surface area contributed by atoms with Gasteiger partial charge in [-0.1, -0.05) is 6.07 Å². The molecule has 0 atom stereocenters. The number of halogens is 4. The second-order valence-corrected chi connectivity index (χ2v) is 4.27. The molecule has 2 aromatic rings. The van der Waals surface area contributed by atoms with Crippen molar-refractivity contribution in [2.75, 3.05) is 0 Å². The van der Waals surface area contributed by atoms with Crippen molar-refractivity contribution < 1.29 is 17.6 Å². The normalized spacial score (nSPS) is 12.2. The fourth-order valence-corrected chi connectivity index (χ4v) is 1.99. The summed E-state index contributed by atoms with van der Waals surface area (Å²) in [5.74, 6) is 0.247. The van der Waals surface area contributed by atoms with Gasteiger partial charge in [-0.05, 0) is 23.9 Å². The average molecular weight is 268 g/mol. The summed E-state index contributed by atoms with van der Waals surface area (Å²) in [5.41, 5.74) is -3.83. The van der Waals surface area contributed by atoms with Crippen LogP contribution in [0.5, 0.6) is 0 Å². The van der Waals surface area contributed by atoms with E-state index in [1.165, 1.54) is 12.1 Å². The van der Waals surface area contributed by atoms with Crippen LogP contribution in [0.2, 0.25) is 0 Å². The van der Waals surface area contributed by atoms with Gasteiger partial charge in [-0.3, -0.25) is 0 Å². The van der Waals surface area contributed by atoms with E-state index < -0.39 is 5.51 Å². The molecule has 1 aromatic heterocycles. The summed E-state index contributed by atoms with van der Waals surface area (Å²) in [6.07, 6.45) is 0. The molecule has 86 valence electrons. The molecule has 0 spiro atoms. The largest absolute Gasteiger partial charge is 0.446 e. The highest BCUT2D eigenvalue weighted by Crippen LogP contribution is 2.39. The number of rotatable bonds is 2. The Balaban J connectivity index is 2.48. The molecule has 1 heterocycles. The van der Waals surface area contributed by atoms with Crippen LogP contribution < -0.4 is 0 Å². The number of benzene rings is 1. The number of nitrogens with zero attached hydrogens (tertiary/aromatic N) is 1. The molecule has 2 nitrogen and oxygen atoms in total. The number of para-hydroxylation sites is 1. The van der Waals surface area contributed by atoms with Crippen LogP contribution in [0.15, 0.2) is 27.5 Å². The maximum absolute atomic E-state index is 12.2. The van der Waals surface area contributed by atoms with E-state index in [0.29, 0.717) is 5.58 Å². The average Bonchev–Trinajstić information content (AvgIpc) is 2.59. The molecule has 0 saturated heterocycles. The molecule has 0 fully saturated rings. The van der Waals surface area contributed by atoms with E-state index in [-0.39, 0.29) is 33.9 Å². The van der Waals surface area contributed by atoms with Crippen molar-refractivity contribution in [3.8, 4) is 0 Å². The number of hydrogen-bond acceptors (Lipinski definition) is 3. The zero-order valence-electron chi connectivity index (χ0n) is 7.71. The van der Waals surface area contributed by atoms with Gasteiger partial charge in [0.1, 0.15) is 5.52 Å². The Bertz CT molecular complexity index is 511. The highest BCUT2D eigenvalue weighted by atomic mass is 35.5. The number of thioether (sulfide) groups is 1. The van der Waals surface area contributed by atoms with Crippen LogP contribution in [0.1, 0.15) is 5.89 Å². The zero-order valence-corrected chi connectivity index (χ0v) is 9.29. The van der Waals surface area contributed by atoms with E-state index in [0.717, 1.165) is 0 Å². The predicted octanol–water partition coefficient (Wildman–Crippen LogP) is 4.18. The van der Waals surface area contributed by atoms with Crippen molar-refractivity contribution in [2.45, 2.75) is 16.3 Å². The summed E-state index contributed by atoms with van der Waals surface area (Å²) in [6, 6.07) is 4.39. The molecular weight excluding hydrogens is 263 g/mol. The second-order valence-electron chi connectivity index (χ2n) is 2.89. The van der Waals surface area contributed by atoms with Gasteiger partial charge in [0.15, 0.2) is 5.58 Å². The molecule has 0 aliphatic heterocycles. The van der Waals surface area contributed by atoms with Crippen LogP contribution >= 0.6 is 23.4 Å². The molecule has 2 rings (SSSR count). The van der Waals surface area contributed by atoms with Gasteiger partial charge in [0.2, 0.25) is 5.89 Å². The summed E-state index contributed by atoms with van der Waals surface area (Å²) < 4.78 is 41.9. The van der Waals surface area contributed by atoms with Crippen LogP contribution in [-0.2, 0) is 5.88 Å². The minimum absolute atomic E-state index is 0.0186. The fourth-order valence-electron chi connectivity index (χ4n) is 1.23. The molecule has 1 aromatic carbocycles. The Morgan fingerprint density at radius 3 is 2.75 bits per heavy atom. The third-order valence-electron chi connectivity index (χ3n) is 1.77. The number of fused-ring (bicyclic) bond motifs is 1. The van der Waals surface area contributed by atoms with Crippen molar-refractivity contribution in [1.82, 2.24) is 4.98 Å².